The molecule has 0 spiro atoms. The molecule has 1 aromatic heterocycles. The van der Waals surface area contributed by atoms with Crippen LogP contribution in [-0.2, 0) is 13.5 Å². The van der Waals surface area contributed by atoms with Gasteiger partial charge >= 0.3 is 0 Å². The molecule has 1 heterocycles. The van der Waals surface area contributed by atoms with Gasteiger partial charge in [0.2, 0.25) is 0 Å². The van der Waals surface area contributed by atoms with Gasteiger partial charge in [0, 0.05) is 7.05 Å². The molecule has 0 aliphatic carbocycles. The third-order valence-corrected chi connectivity index (χ3v) is 4.06. The van der Waals surface area contributed by atoms with Crippen molar-refractivity contribution in [3.63, 3.8) is 0 Å². The quantitative estimate of drug-likeness (QED) is 0.935. The summed E-state index contributed by atoms with van der Waals surface area (Å²) in [6.07, 6.45) is 0.773. The number of hydrogen-bond donors (Lipinski definition) is 1. The molecule has 2 aromatic rings. The van der Waals surface area contributed by atoms with E-state index < -0.39 is 0 Å². The van der Waals surface area contributed by atoms with Gasteiger partial charge in [-0.05, 0) is 38.1 Å². The molecule has 1 aromatic carbocycles. The van der Waals surface area contributed by atoms with Gasteiger partial charge in [0.25, 0.3) is 0 Å². The third kappa shape index (κ3) is 3.11. The minimum absolute atomic E-state index is 0.155. The highest BCUT2D eigenvalue weighted by Gasteiger charge is 2.17. The fourth-order valence-electron chi connectivity index (χ4n) is 2.24. The average molecular weight is 298 g/mol. The summed E-state index contributed by atoms with van der Waals surface area (Å²) in [6, 6.07) is 7.96. The number of halogens is 2. The number of hydrogen-bond acceptors (Lipinski definition) is 2. The van der Waals surface area contributed by atoms with E-state index in [1.807, 2.05) is 37.8 Å². The Morgan fingerprint density at radius 3 is 2.68 bits per heavy atom. The minimum Gasteiger partial charge on any atom is -0.311 e. The second-order valence-corrected chi connectivity index (χ2v) is 5.38. The highest BCUT2D eigenvalue weighted by molar-refractivity contribution is 6.42. The topological polar surface area (TPSA) is 29.9 Å². The fourth-order valence-corrected chi connectivity index (χ4v) is 2.63. The molecular formula is C14H17Cl2N3. The van der Waals surface area contributed by atoms with Crippen molar-refractivity contribution in [3.05, 3.63) is 51.3 Å². The Morgan fingerprint density at radius 2 is 2.11 bits per heavy atom. The molecular weight excluding hydrogens is 281 g/mol. The van der Waals surface area contributed by atoms with Crippen LogP contribution in [0.5, 0.6) is 0 Å². The molecule has 1 N–H and O–H groups in total. The van der Waals surface area contributed by atoms with E-state index in [0.29, 0.717) is 10.0 Å². The predicted molar refractivity (Wildman–Crippen MR) is 79.9 cm³/mol. The van der Waals surface area contributed by atoms with Crippen LogP contribution in [0.15, 0.2) is 24.3 Å². The maximum Gasteiger partial charge on any atom is 0.0625 e. The number of rotatable bonds is 4. The molecule has 0 saturated carbocycles. The van der Waals surface area contributed by atoms with Gasteiger partial charge in [0.1, 0.15) is 0 Å². The molecule has 0 aliphatic heterocycles. The summed E-state index contributed by atoms with van der Waals surface area (Å²) >= 11 is 12.3. The lowest BCUT2D eigenvalue weighted by atomic mass is 10.0. The molecule has 5 heteroatoms. The standard InChI is InChI=1S/C14H17Cl2N3/c1-9-7-13(19(3)18-9)12(17-2)8-10-5-4-6-11(15)14(10)16/h4-7,12,17H,8H2,1-3H3. The van der Waals surface area contributed by atoms with Gasteiger partial charge in [-0.1, -0.05) is 35.3 Å². The van der Waals surface area contributed by atoms with Gasteiger partial charge in [-0.25, -0.2) is 0 Å². The number of benzene rings is 1. The zero-order valence-electron chi connectivity index (χ0n) is 11.2. The zero-order chi connectivity index (χ0) is 14.0. The first kappa shape index (κ1) is 14.4. The lowest BCUT2D eigenvalue weighted by Gasteiger charge is -2.17. The molecule has 0 radical (unpaired) electrons. The van der Waals surface area contributed by atoms with Gasteiger partial charge in [-0.15, -0.1) is 0 Å². The van der Waals surface area contributed by atoms with Crippen molar-refractivity contribution in [2.24, 2.45) is 7.05 Å². The summed E-state index contributed by atoms with van der Waals surface area (Å²) in [5, 5.41) is 8.91. The summed E-state index contributed by atoms with van der Waals surface area (Å²) < 4.78 is 1.90. The number of nitrogens with one attached hydrogen (secondary N) is 1. The predicted octanol–water partition coefficient (Wildman–Crippen LogP) is 3.54. The summed E-state index contributed by atoms with van der Waals surface area (Å²) in [4.78, 5) is 0. The Morgan fingerprint density at radius 1 is 1.37 bits per heavy atom. The summed E-state index contributed by atoms with van der Waals surface area (Å²) in [5.41, 5.74) is 3.18. The van der Waals surface area contributed by atoms with Crippen molar-refractivity contribution in [2.45, 2.75) is 19.4 Å². The number of nitrogens with zero attached hydrogens (tertiary/aromatic N) is 2. The minimum atomic E-state index is 0.155. The van der Waals surface area contributed by atoms with E-state index in [-0.39, 0.29) is 6.04 Å². The Bertz CT molecular complexity index is 578. The molecule has 0 aliphatic rings. The molecule has 3 nitrogen and oxygen atoms in total. The van der Waals surface area contributed by atoms with Gasteiger partial charge in [0.05, 0.1) is 27.5 Å². The first-order chi connectivity index (χ1) is 9.02. The van der Waals surface area contributed by atoms with Crippen LogP contribution in [0.3, 0.4) is 0 Å². The Hall–Kier alpha value is -1.03. The van der Waals surface area contributed by atoms with Gasteiger partial charge < -0.3 is 5.32 Å². The van der Waals surface area contributed by atoms with E-state index in [4.69, 9.17) is 23.2 Å². The number of aromatic nitrogens is 2. The van der Waals surface area contributed by atoms with Crippen molar-refractivity contribution in [2.75, 3.05) is 7.05 Å². The van der Waals surface area contributed by atoms with Crippen molar-refractivity contribution >= 4 is 23.2 Å². The highest BCUT2D eigenvalue weighted by Crippen LogP contribution is 2.29. The monoisotopic (exact) mass is 297 g/mol. The van der Waals surface area contributed by atoms with E-state index >= 15 is 0 Å². The normalized spacial score (nSPS) is 12.7. The Labute approximate surface area is 123 Å². The molecule has 0 fully saturated rings. The molecule has 19 heavy (non-hydrogen) atoms. The maximum atomic E-state index is 6.24. The summed E-state index contributed by atoms with van der Waals surface area (Å²) in [7, 11) is 3.89. The maximum absolute atomic E-state index is 6.24. The molecule has 102 valence electrons. The number of likely N-dealkylation sites (N-methyl/N-ethyl adjacent to an activating group) is 1. The molecule has 0 amide bonds. The largest absolute Gasteiger partial charge is 0.311 e. The summed E-state index contributed by atoms with van der Waals surface area (Å²) in [5.74, 6) is 0. The van der Waals surface area contributed by atoms with Crippen molar-refractivity contribution in [1.29, 1.82) is 0 Å². The average Bonchev–Trinajstić information content (AvgIpc) is 2.70. The van der Waals surface area contributed by atoms with Crippen LogP contribution in [0, 0.1) is 6.92 Å². The Balaban J connectivity index is 2.29. The van der Waals surface area contributed by atoms with Gasteiger partial charge in [-0.3, -0.25) is 4.68 Å². The van der Waals surface area contributed by atoms with E-state index in [2.05, 4.69) is 16.5 Å². The van der Waals surface area contributed by atoms with E-state index in [1.165, 1.54) is 0 Å². The first-order valence-corrected chi connectivity index (χ1v) is 6.89. The second kappa shape index (κ2) is 5.95. The van der Waals surface area contributed by atoms with Crippen LogP contribution in [0.2, 0.25) is 10.0 Å². The first-order valence-electron chi connectivity index (χ1n) is 6.13. The smallest absolute Gasteiger partial charge is 0.0625 e. The van der Waals surface area contributed by atoms with Crippen molar-refractivity contribution < 1.29 is 0 Å². The summed E-state index contributed by atoms with van der Waals surface area (Å²) in [6.45, 7) is 1.99. The highest BCUT2D eigenvalue weighted by atomic mass is 35.5. The fraction of sp³-hybridized carbons (Fsp3) is 0.357. The molecule has 1 unspecified atom stereocenters. The second-order valence-electron chi connectivity index (χ2n) is 4.59. The van der Waals surface area contributed by atoms with Crippen LogP contribution < -0.4 is 5.32 Å². The van der Waals surface area contributed by atoms with E-state index in [9.17, 15) is 0 Å². The van der Waals surface area contributed by atoms with Gasteiger partial charge in [0.15, 0.2) is 0 Å². The van der Waals surface area contributed by atoms with Crippen molar-refractivity contribution in [3.8, 4) is 0 Å². The van der Waals surface area contributed by atoms with Crippen LogP contribution in [-0.4, -0.2) is 16.8 Å². The molecule has 2 rings (SSSR count). The van der Waals surface area contributed by atoms with E-state index in [1.54, 1.807) is 6.07 Å². The molecule has 1 atom stereocenters. The molecule has 0 saturated heterocycles. The van der Waals surface area contributed by atoms with Crippen molar-refractivity contribution in [1.82, 2.24) is 15.1 Å². The van der Waals surface area contributed by atoms with Crippen LogP contribution in [0.4, 0.5) is 0 Å². The Kier molecular flexibility index (Phi) is 4.50. The van der Waals surface area contributed by atoms with Crippen LogP contribution in [0.25, 0.3) is 0 Å². The van der Waals surface area contributed by atoms with Crippen LogP contribution in [0.1, 0.15) is 23.0 Å². The lowest BCUT2D eigenvalue weighted by molar-refractivity contribution is 0.537. The SMILES string of the molecule is CNC(Cc1cccc(Cl)c1Cl)c1cc(C)nn1C. The zero-order valence-corrected chi connectivity index (χ0v) is 12.8. The van der Waals surface area contributed by atoms with E-state index in [0.717, 1.165) is 23.4 Å². The third-order valence-electron chi connectivity index (χ3n) is 3.20. The lowest BCUT2D eigenvalue weighted by Crippen LogP contribution is -2.21. The van der Waals surface area contributed by atoms with Gasteiger partial charge in [-0.2, -0.15) is 5.10 Å². The number of aryl methyl sites for hydroxylation is 2. The van der Waals surface area contributed by atoms with Crippen LogP contribution >= 0.6 is 23.2 Å². The molecule has 0 bridgehead atoms.